The maximum Gasteiger partial charge on any atom is 0.258 e. The Kier molecular flexibility index (Phi) is 4.01. The molecule has 0 unspecified atom stereocenters. The SMILES string of the molecule is O=C(Nc1c(Cl)cncc1Cl)c1cccnc1Cl. The summed E-state index contributed by atoms with van der Waals surface area (Å²) in [6.07, 6.45) is 4.26. The molecule has 2 aromatic heterocycles. The molecule has 0 spiro atoms. The molecule has 92 valence electrons. The number of nitrogens with zero attached hydrogens (tertiary/aromatic N) is 2. The van der Waals surface area contributed by atoms with Crippen LogP contribution in [0.2, 0.25) is 15.2 Å². The Morgan fingerprint density at radius 1 is 1.17 bits per heavy atom. The molecule has 0 aromatic carbocycles. The normalized spacial score (nSPS) is 10.2. The monoisotopic (exact) mass is 301 g/mol. The van der Waals surface area contributed by atoms with E-state index in [4.69, 9.17) is 34.8 Å². The molecule has 2 rings (SSSR count). The van der Waals surface area contributed by atoms with E-state index in [1.165, 1.54) is 18.6 Å². The van der Waals surface area contributed by atoms with Gasteiger partial charge in [-0.3, -0.25) is 9.78 Å². The fraction of sp³-hybridized carbons (Fsp3) is 0. The first-order valence-corrected chi connectivity index (χ1v) is 5.94. The molecule has 2 aromatic rings. The van der Waals surface area contributed by atoms with Crippen LogP contribution >= 0.6 is 34.8 Å². The average Bonchev–Trinajstić information content (AvgIpc) is 2.34. The molecule has 4 nitrogen and oxygen atoms in total. The maximum absolute atomic E-state index is 12.0. The Morgan fingerprint density at radius 3 is 2.44 bits per heavy atom. The summed E-state index contributed by atoms with van der Waals surface area (Å²) in [4.78, 5) is 19.6. The van der Waals surface area contributed by atoms with Gasteiger partial charge in [-0.25, -0.2) is 4.98 Å². The van der Waals surface area contributed by atoms with Gasteiger partial charge < -0.3 is 5.32 Å². The number of rotatable bonds is 2. The quantitative estimate of drug-likeness (QED) is 0.861. The number of nitrogens with one attached hydrogen (secondary N) is 1. The zero-order chi connectivity index (χ0) is 13.1. The zero-order valence-electron chi connectivity index (χ0n) is 8.82. The highest BCUT2D eigenvalue weighted by Gasteiger charge is 2.14. The molecule has 0 saturated heterocycles. The van der Waals surface area contributed by atoms with Crippen molar-refractivity contribution in [3.8, 4) is 0 Å². The molecule has 2 heterocycles. The summed E-state index contributed by atoms with van der Waals surface area (Å²) in [5.41, 5.74) is 0.529. The highest BCUT2D eigenvalue weighted by atomic mass is 35.5. The number of carbonyl (C=O) groups is 1. The van der Waals surface area contributed by atoms with Gasteiger partial charge in [-0.1, -0.05) is 34.8 Å². The summed E-state index contributed by atoms with van der Waals surface area (Å²) in [7, 11) is 0. The number of hydrogen-bond acceptors (Lipinski definition) is 3. The molecule has 7 heteroatoms. The van der Waals surface area contributed by atoms with Crippen LogP contribution in [-0.4, -0.2) is 15.9 Å². The lowest BCUT2D eigenvalue weighted by Crippen LogP contribution is -2.13. The number of halogens is 3. The second kappa shape index (κ2) is 5.52. The zero-order valence-corrected chi connectivity index (χ0v) is 11.1. The Hall–Kier alpha value is -1.36. The van der Waals surface area contributed by atoms with Crippen molar-refractivity contribution < 1.29 is 4.79 Å². The smallest absolute Gasteiger partial charge is 0.258 e. The minimum atomic E-state index is -0.442. The van der Waals surface area contributed by atoms with Crippen molar-refractivity contribution in [1.29, 1.82) is 0 Å². The van der Waals surface area contributed by atoms with Crippen LogP contribution in [0.15, 0.2) is 30.7 Å². The Balaban J connectivity index is 2.30. The third-order valence-electron chi connectivity index (χ3n) is 2.10. The average molecular weight is 303 g/mol. The van der Waals surface area contributed by atoms with E-state index in [2.05, 4.69) is 15.3 Å². The summed E-state index contributed by atoms with van der Waals surface area (Å²) in [5.74, 6) is -0.442. The van der Waals surface area contributed by atoms with E-state index in [0.29, 0.717) is 5.69 Å². The summed E-state index contributed by atoms with van der Waals surface area (Å²) in [6.45, 7) is 0. The third kappa shape index (κ3) is 2.72. The first-order chi connectivity index (χ1) is 8.59. The molecule has 0 saturated carbocycles. The molecule has 0 bridgehead atoms. The second-order valence-corrected chi connectivity index (χ2v) is 4.45. The lowest BCUT2D eigenvalue weighted by molar-refractivity contribution is 0.102. The van der Waals surface area contributed by atoms with Gasteiger partial charge in [0.1, 0.15) is 5.15 Å². The van der Waals surface area contributed by atoms with Crippen molar-refractivity contribution in [2.45, 2.75) is 0 Å². The van der Waals surface area contributed by atoms with E-state index < -0.39 is 5.91 Å². The van der Waals surface area contributed by atoms with Crippen LogP contribution in [0, 0.1) is 0 Å². The van der Waals surface area contributed by atoms with Crippen LogP contribution in [0.1, 0.15) is 10.4 Å². The predicted molar refractivity (Wildman–Crippen MR) is 71.5 cm³/mol. The molecule has 0 radical (unpaired) electrons. The van der Waals surface area contributed by atoms with E-state index in [9.17, 15) is 4.79 Å². The molecular weight excluding hydrogens is 296 g/mol. The molecule has 1 N–H and O–H groups in total. The first kappa shape index (κ1) is 13.1. The molecule has 0 fully saturated rings. The van der Waals surface area contributed by atoms with Crippen molar-refractivity contribution >= 4 is 46.4 Å². The molecular formula is C11H6Cl3N3O. The number of amides is 1. The molecule has 0 atom stereocenters. The van der Waals surface area contributed by atoms with Crippen LogP contribution in [0.25, 0.3) is 0 Å². The topological polar surface area (TPSA) is 54.9 Å². The highest BCUT2D eigenvalue weighted by molar-refractivity contribution is 6.40. The van der Waals surface area contributed by atoms with E-state index in [0.717, 1.165) is 0 Å². The number of hydrogen-bond donors (Lipinski definition) is 1. The number of anilines is 1. The summed E-state index contributed by atoms with van der Waals surface area (Å²) in [6, 6.07) is 3.16. The predicted octanol–water partition coefficient (Wildman–Crippen LogP) is 3.69. The van der Waals surface area contributed by atoms with Crippen molar-refractivity contribution in [2.24, 2.45) is 0 Å². The van der Waals surface area contributed by atoms with Crippen LogP contribution in [0.3, 0.4) is 0 Å². The summed E-state index contributed by atoms with van der Waals surface area (Å²) in [5, 5.41) is 3.17. The minimum Gasteiger partial charge on any atom is -0.319 e. The fourth-order valence-electron chi connectivity index (χ4n) is 1.27. The van der Waals surface area contributed by atoms with Gasteiger partial charge in [0.25, 0.3) is 5.91 Å². The Morgan fingerprint density at radius 2 is 1.83 bits per heavy atom. The van der Waals surface area contributed by atoms with Crippen LogP contribution in [-0.2, 0) is 0 Å². The lowest BCUT2D eigenvalue weighted by Gasteiger charge is -2.08. The number of aromatic nitrogens is 2. The van der Waals surface area contributed by atoms with E-state index in [-0.39, 0.29) is 20.8 Å². The standard InChI is InChI=1S/C11H6Cl3N3O/c12-7-4-15-5-8(13)9(7)17-11(18)6-2-1-3-16-10(6)14/h1-5H,(H,15,17,18). The largest absolute Gasteiger partial charge is 0.319 e. The number of pyridine rings is 2. The van der Waals surface area contributed by atoms with Gasteiger partial charge in [0.15, 0.2) is 0 Å². The molecule has 0 aliphatic carbocycles. The Labute approximate surface area is 118 Å². The maximum atomic E-state index is 12.0. The lowest BCUT2D eigenvalue weighted by atomic mass is 10.2. The molecule has 0 aliphatic rings. The van der Waals surface area contributed by atoms with Crippen molar-refractivity contribution in [3.63, 3.8) is 0 Å². The Bertz CT molecular complexity index is 584. The van der Waals surface area contributed by atoms with E-state index in [1.807, 2.05) is 0 Å². The van der Waals surface area contributed by atoms with E-state index >= 15 is 0 Å². The van der Waals surface area contributed by atoms with E-state index in [1.54, 1.807) is 12.1 Å². The van der Waals surface area contributed by atoms with Crippen LogP contribution in [0.4, 0.5) is 5.69 Å². The van der Waals surface area contributed by atoms with Gasteiger partial charge in [0, 0.05) is 18.6 Å². The number of carbonyl (C=O) groups excluding carboxylic acids is 1. The van der Waals surface area contributed by atoms with Gasteiger partial charge in [0.05, 0.1) is 21.3 Å². The van der Waals surface area contributed by atoms with Gasteiger partial charge in [-0.05, 0) is 12.1 Å². The van der Waals surface area contributed by atoms with Crippen LogP contribution in [0.5, 0.6) is 0 Å². The molecule has 18 heavy (non-hydrogen) atoms. The highest BCUT2D eigenvalue weighted by Crippen LogP contribution is 2.29. The second-order valence-electron chi connectivity index (χ2n) is 3.27. The van der Waals surface area contributed by atoms with Gasteiger partial charge >= 0.3 is 0 Å². The van der Waals surface area contributed by atoms with Gasteiger partial charge in [-0.15, -0.1) is 0 Å². The molecule has 0 aliphatic heterocycles. The summed E-state index contributed by atoms with van der Waals surface area (Å²) >= 11 is 17.6. The van der Waals surface area contributed by atoms with Gasteiger partial charge in [0.2, 0.25) is 0 Å². The fourth-order valence-corrected chi connectivity index (χ4v) is 1.93. The van der Waals surface area contributed by atoms with Crippen molar-refractivity contribution in [2.75, 3.05) is 5.32 Å². The summed E-state index contributed by atoms with van der Waals surface area (Å²) < 4.78 is 0. The molecule has 1 amide bonds. The van der Waals surface area contributed by atoms with Crippen molar-refractivity contribution in [3.05, 3.63) is 51.5 Å². The van der Waals surface area contributed by atoms with Crippen molar-refractivity contribution in [1.82, 2.24) is 9.97 Å². The first-order valence-electron chi connectivity index (χ1n) is 4.80. The minimum absolute atomic E-state index is 0.108. The van der Waals surface area contributed by atoms with Gasteiger partial charge in [-0.2, -0.15) is 0 Å². The third-order valence-corrected chi connectivity index (χ3v) is 2.97. The van der Waals surface area contributed by atoms with Crippen LogP contribution < -0.4 is 5.32 Å².